The first-order chi connectivity index (χ1) is 10.6. The lowest BCUT2D eigenvalue weighted by Gasteiger charge is -2.32. The Balaban J connectivity index is 1.65. The Hall–Kier alpha value is -1.75. The molecule has 0 aromatic carbocycles. The number of carbonyl (C=O) groups excluding carboxylic acids is 1. The van der Waals surface area contributed by atoms with Gasteiger partial charge in [-0.3, -0.25) is 9.78 Å². The molecular formula is C17H21N3OS. The molecule has 5 heteroatoms. The lowest BCUT2D eigenvalue weighted by molar-refractivity contribution is -0.130. The number of hydrogen-bond donors (Lipinski definition) is 0. The van der Waals surface area contributed by atoms with E-state index in [2.05, 4.69) is 22.1 Å². The average Bonchev–Trinajstić information content (AvgIpc) is 2.95. The Kier molecular flexibility index (Phi) is 4.52. The number of aryl methyl sites for hydroxylation is 1. The van der Waals surface area contributed by atoms with Gasteiger partial charge in [0, 0.05) is 37.3 Å². The summed E-state index contributed by atoms with van der Waals surface area (Å²) >= 11 is 1.63. The predicted molar refractivity (Wildman–Crippen MR) is 88.8 cm³/mol. The van der Waals surface area contributed by atoms with Crippen LogP contribution in [-0.4, -0.2) is 33.9 Å². The van der Waals surface area contributed by atoms with Crippen molar-refractivity contribution < 1.29 is 4.79 Å². The Morgan fingerprint density at radius 1 is 1.45 bits per heavy atom. The molecule has 1 aliphatic rings. The normalized spacial score (nSPS) is 18.5. The minimum Gasteiger partial charge on any atom is -0.343 e. The number of aromatic nitrogens is 2. The average molecular weight is 315 g/mol. The lowest BCUT2D eigenvalue weighted by Crippen LogP contribution is -2.39. The van der Waals surface area contributed by atoms with E-state index in [1.54, 1.807) is 18.3 Å². The number of hydrogen-bond acceptors (Lipinski definition) is 4. The third-order valence-corrected chi connectivity index (χ3v) is 5.13. The smallest absolute Gasteiger partial charge is 0.219 e. The van der Waals surface area contributed by atoms with Gasteiger partial charge in [-0.05, 0) is 43.7 Å². The maximum absolute atomic E-state index is 11.5. The first-order valence-corrected chi connectivity index (χ1v) is 8.63. The van der Waals surface area contributed by atoms with Gasteiger partial charge in [-0.25, -0.2) is 4.98 Å². The molecule has 3 rings (SSSR count). The Morgan fingerprint density at radius 2 is 2.32 bits per heavy atom. The molecule has 3 heterocycles. The van der Waals surface area contributed by atoms with Gasteiger partial charge >= 0.3 is 0 Å². The summed E-state index contributed by atoms with van der Waals surface area (Å²) < 4.78 is 0. The minimum atomic E-state index is 0.192. The van der Waals surface area contributed by atoms with Gasteiger partial charge in [0.05, 0.1) is 5.69 Å². The monoisotopic (exact) mass is 315 g/mol. The van der Waals surface area contributed by atoms with Crippen molar-refractivity contribution in [1.82, 2.24) is 14.9 Å². The first-order valence-electron chi connectivity index (χ1n) is 7.75. The van der Waals surface area contributed by atoms with Crippen molar-refractivity contribution in [2.45, 2.75) is 33.1 Å². The number of piperidine rings is 1. The van der Waals surface area contributed by atoms with E-state index in [1.165, 1.54) is 12.0 Å². The largest absolute Gasteiger partial charge is 0.343 e. The van der Waals surface area contributed by atoms with E-state index in [4.69, 9.17) is 0 Å². The number of rotatable bonds is 3. The maximum atomic E-state index is 11.5. The van der Waals surface area contributed by atoms with E-state index in [-0.39, 0.29) is 5.91 Å². The van der Waals surface area contributed by atoms with E-state index < -0.39 is 0 Å². The van der Waals surface area contributed by atoms with Crippen LogP contribution < -0.4 is 0 Å². The van der Waals surface area contributed by atoms with Gasteiger partial charge in [0.2, 0.25) is 5.91 Å². The summed E-state index contributed by atoms with van der Waals surface area (Å²) in [6.45, 7) is 5.45. The Bertz CT molecular complexity index is 650. The predicted octanol–water partition coefficient (Wildman–Crippen LogP) is 3.31. The molecule has 0 bridgehead atoms. The second kappa shape index (κ2) is 6.57. The zero-order chi connectivity index (χ0) is 15.5. The molecule has 1 aliphatic heterocycles. The second-order valence-electron chi connectivity index (χ2n) is 6.02. The van der Waals surface area contributed by atoms with Crippen molar-refractivity contribution in [2.75, 3.05) is 13.1 Å². The molecule has 0 spiro atoms. The maximum Gasteiger partial charge on any atom is 0.219 e. The molecule has 0 aliphatic carbocycles. The number of carbonyl (C=O) groups is 1. The highest BCUT2D eigenvalue weighted by Crippen LogP contribution is 2.24. The number of pyridine rings is 1. The topological polar surface area (TPSA) is 46.1 Å². The van der Waals surface area contributed by atoms with Gasteiger partial charge in [-0.1, -0.05) is 6.07 Å². The molecular weight excluding hydrogens is 294 g/mol. The van der Waals surface area contributed by atoms with Gasteiger partial charge in [0.1, 0.15) is 5.01 Å². The van der Waals surface area contributed by atoms with Gasteiger partial charge in [0.25, 0.3) is 0 Å². The highest BCUT2D eigenvalue weighted by molar-refractivity contribution is 7.13. The fourth-order valence-corrected chi connectivity index (χ4v) is 3.77. The second-order valence-corrected chi connectivity index (χ2v) is 6.88. The van der Waals surface area contributed by atoms with Crippen LogP contribution in [0.15, 0.2) is 23.7 Å². The summed E-state index contributed by atoms with van der Waals surface area (Å²) in [4.78, 5) is 22.5. The van der Waals surface area contributed by atoms with E-state index in [1.807, 2.05) is 23.4 Å². The Labute approximate surface area is 135 Å². The fourth-order valence-electron chi connectivity index (χ4n) is 2.99. The van der Waals surface area contributed by atoms with Gasteiger partial charge in [0.15, 0.2) is 0 Å². The highest BCUT2D eigenvalue weighted by atomic mass is 32.1. The van der Waals surface area contributed by atoms with E-state index in [0.717, 1.165) is 42.3 Å². The van der Waals surface area contributed by atoms with Crippen molar-refractivity contribution in [3.8, 4) is 10.7 Å². The number of amides is 1. The van der Waals surface area contributed by atoms with Crippen molar-refractivity contribution in [3.63, 3.8) is 0 Å². The van der Waals surface area contributed by atoms with Crippen LogP contribution in [0.3, 0.4) is 0 Å². The molecule has 2 aromatic heterocycles. The summed E-state index contributed by atoms with van der Waals surface area (Å²) in [5, 5.41) is 3.02. The molecule has 1 saturated heterocycles. The zero-order valence-electron chi connectivity index (χ0n) is 13.1. The Morgan fingerprint density at radius 3 is 2.95 bits per heavy atom. The summed E-state index contributed by atoms with van der Waals surface area (Å²) in [7, 11) is 0. The lowest BCUT2D eigenvalue weighted by atomic mass is 9.92. The van der Waals surface area contributed by atoms with Gasteiger partial charge in [-0.15, -0.1) is 11.3 Å². The summed E-state index contributed by atoms with van der Waals surface area (Å²) in [6, 6.07) is 4.20. The molecule has 0 radical (unpaired) electrons. The molecule has 116 valence electrons. The van der Waals surface area contributed by atoms with E-state index in [0.29, 0.717) is 5.92 Å². The highest BCUT2D eigenvalue weighted by Gasteiger charge is 2.21. The van der Waals surface area contributed by atoms with Gasteiger partial charge in [-0.2, -0.15) is 0 Å². The van der Waals surface area contributed by atoms with E-state index >= 15 is 0 Å². The van der Waals surface area contributed by atoms with Gasteiger partial charge < -0.3 is 4.90 Å². The summed E-state index contributed by atoms with van der Waals surface area (Å²) in [5.74, 6) is 0.740. The third-order valence-electron chi connectivity index (χ3n) is 4.15. The van der Waals surface area contributed by atoms with Crippen molar-refractivity contribution >= 4 is 17.2 Å². The SMILES string of the molecule is CC(=O)N1CCC[C@H](Cc2ccc(-c3nc(C)cs3)nc2)C1. The van der Waals surface area contributed by atoms with Crippen LogP contribution in [0.1, 0.15) is 31.0 Å². The van der Waals surface area contributed by atoms with Crippen LogP contribution in [-0.2, 0) is 11.2 Å². The van der Waals surface area contributed by atoms with Crippen LogP contribution >= 0.6 is 11.3 Å². The summed E-state index contributed by atoms with van der Waals surface area (Å²) in [5.41, 5.74) is 3.22. The molecule has 4 nitrogen and oxygen atoms in total. The van der Waals surface area contributed by atoms with Crippen LogP contribution in [0.5, 0.6) is 0 Å². The van der Waals surface area contributed by atoms with E-state index in [9.17, 15) is 4.79 Å². The first kappa shape index (κ1) is 15.2. The van der Waals surface area contributed by atoms with Crippen LogP contribution in [0.25, 0.3) is 10.7 Å². The van der Waals surface area contributed by atoms with Crippen molar-refractivity contribution in [1.29, 1.82) is 0 Å². The van der Waals surface area contributed by atoms with Crippen LogP contribution in [0, 0.1) is 12.8 Å². The molecule has 1 atom stereocenters. The minimum absolute atomic E-state index is 0.192. The molecule has 1 fully saturated rings. The molecule has 22 heavy (non-hydrogen) atoms. The molecule has 0 N–H and O–H groups in total. The molecule has 0 saturated carbocycles. The quantitative estimate of drug-likeness (QED) is 0.873. The fraction of sp³-hybridized carbons (Fsp3) is 0.471. The number of thiazole rings is 1. The van der Waals surface area contributed by atoms with Crippen molar-refractivity contribution in [2.24, 2.45) is 5.92 Å². The third kappa shape index (κ3) is 3.53. The molecule has 0 unspecified atom stereocenters. The number of nitrogens with zero attached hydrogens (tertiary/aromatic N) is 3. The standard InChI is InChI=1S/C17H21N3OS/c1-12-11-22-17(19-12)16-6-5-14(9-18-16)8-15-4-3-7-20(10-15)13(2)21/h5-6,9,11,15H,3-4,7-8,10H2,1-2H3/t15-/m1/s1. The number of likely N-dealkylation sites (tertiary alicyclic amines) is 1. The van der Waals surface area contributed by atoms with Crippen molar-refractivity contribution in [3.05, 3.63) is 35.0 Å². The van der Waals surface area contributed by atoms with Crippen LogP contribution in [0.4, 0.5) is 0 Å². The molecule has 1 amide bonds. The zero-order valence-corrected chi connectivity index (χ0v) is 13.9. The summed E-state index contributed by atoms with van der Waals surface area (Å²) in [6.07, 6.45) is 5.25. The van der Waals surface area contributed by atoms with Crippen LogP contribution in [0.2, 0.25) is 0 Å². The molecule has 2 aromatic rings.